The van der Waals surface area contributed by atoms with E-state index in [1.165, 1.54) is 12.3 Å². The summed E-state index contributed by atoms with van der Waals surface area (Å²) in [6.45, 7) is 2.42. The lowest BCUT2D eigenvalue weighted by Gasteiger charge is -2.08. The zero-order valence-electron chi connectivity index (χ0n) is 12.4. The molecule has 0 radical (unpaired) electrons. The normalized spacial score (nSPS) is 10.2. The minimum Gasteiger partial charge on any atom is -0.350 e. The maximum Gasteiger partial charge on any atom is 0.252 e. The first-order valence-corrected chi connectivity index (χ1v) is 7.67. The largest absolute Gasteiger partial charge is 0.350 e. The number of hydrogen-bond acceptors (Lipinski definition) is 3. The van der Waals surface area contributed by atoms with Crippen LogP contribution in [-0.2, 0) is 0 Å². The van der Waals surface area contributed by atoms with Crippen LogP contribution in [-0.4, -0.2) is 29.9 Å². The van der Waals surface area contributed by atoms with Crippen molar-refractivity contribution in [1.29, 1.82) is 0 Å². The van der Waals surface area contributed by atoms with Crippen molar-refractivity contribution in [2.75, 3.05) is 13.1 Å². The van der Waals surface area contributed by atoms with Gasteiger partial charge in [0.15, 0.2) is 0 Å². The third-order valence-electron chi connectivity index (χ3n) is 3.05. The molecule has 0 aliphatic carbocycles. The highest BCUT2D eigenvalue weighted by molar-refractivity contribution is 6.36. The molecule has 0 unspecified atom stereocenters. The zero-order valence-corrected chi connectivity index (χ0v) is 13.9. The van der Waals surface area contributed by atoms with E-state index in [4.69, 9.17) is 23.2 Å². The summed E-state index contributed by atoms with van der Waals surface area (Å²) < 4.78 is 0. The molecule has 23 heavy (non-hydrogen) atoms. The number of rotatable bonds is 5. The van der Waals surface area contributed by atoms with Crippen LogP contribution in [0, 0.1) is 6.92 Å². The molecule has 0 aliphatic heterocycles. The van der Waals surface area contributed by atoms with Gasteiger partial charge in [0.2, 0.25) is 0 Å². The zero-order chi connectivity index (χ0) is 16.8. The average Bonchev–Trinajstić information content (AvgIpc) is 2.51. The van der Waals surface area contributed by atoms with Gasteiger partial charge in [-0.05, 0) is 37.3 Å². The molecule has 0 spiro atoms. The Kier molecular flexibility index (Phi) is 5.96. The smallest absolute Gasteiger partial charge is 0.252 e. The number of aryl methyl sites for hydroxylation is 1. The summed E-state index contributed by atoms with van der Waals surface area (Å²) in [7, 11) is 0. The van der Waals surface area contributed by atoms with E-state index in [9.17, 15) is 9.59 Å². The summed E-state index contributed by atoms with van der Waals surface area (Å²) in [4.78, 5) is 27.9. The second-order valence-corrected chi connectivity index (χ2v) is 5.67. The van der Waals surface area contributed by atoms with Crippen molar-refractivity contribution in [3.63, 3.8) is 0 Å². The van der Waals surface area contributed by atoms with Crippen LogP contribution in [0.25, 0.3) is 0 Å². The van der Waals surface area contributed by atoms with E-state index in [1.807, 2.05) is 6.92 Å². The third-order valence-corrected chi connectivity index (χ3v) is 3.59. The topological polar surface area (TPSA) is 71.1 Å². The number of hydrogen-bond donors (Lipinski definition) is 2. The van der Waals surface area contributed by atoms with Gasteiger partial charge in [0.1, 0.15) is 0 Å². The lowest BCUT2D eigenvalue weighted by Crippen LogP contribution is -2.34. The van der Waals surface area contributed by atoms with E-state index < -0.39 is 0 Å². The Morgan fingerprint density at radius 1 is 1.04 bits per heavy atom. The fourth-order valence-electron chi connectivity index (χ4n) is 1.83. The van der Waals surface area contributed by atoms with Gasteiger partial charge in [-0.1, -0.05) is 23.2 Å². The van der Waals surface area contributed by atoms with Crippen molar-refractivity contribution < 1.29 is 9.59 Å². The van der Waals surface area contributed by atoms with E-state index in [0.29, 0.717) is 22.7 Å². The molecule has 0 fully saturated rings. The molecule has 2 aromatic rings. The Hall–Kier alpha value is -2.11. The summed E-state index contributed by atoms with van der Waals surface area (Å²) in [5, 5.41) is 6.13. The quantitative estimate of drug-likeness (QED) is 0.813. The highest BCUT2D eigenvalue weighted by Crippen LogP contribution is 2.20. The van der Waals surface area contributed by atoms with Crippen molar-refractivity contribution in [3.05, 3.63) is 63.4 Å². The molecule has 2 amide bonds. The summed E-state index contributed by atoms with van der Waals surface area (Å²) in [5.41, 5.74) is 1.65. The molecular formula is C16H15Cl2N3O2. The van der Waals surface area contributed by atoms with Crippen LogP contribution in [0.5, 0.6) is 0 Å². The van der Waals surface area contributed by atoms with Crippen molar-refractivity contribution in [1.82, 2.24) is 15.6 Å². The van der Waals surface area contributed by atoms with Gasteiger partial charge in [-0.25, -0.2) is 0 Å². The molecule has 1 aromatic heterocycles. The predicted molar refractivity (Wildman–Crippen MR) is 90.1 cm³/mol. The van der Waals surface area contributed by atoms with Crippen molar-refractivity contribution in [2.45, 2.75) is 6.92 Å². The van der Waals surface area contributed by atoms with Gasteiger partial charge in [-0.3, -0.25) is 14.6 Å². The number of amides is 2. The number of nitrogens with zero attached hydrogens (tertiary/aromatic N) is 1. The van der Waals surface area contributed by atoms with E-state index >= 15 is 0 Å². The molecule has 2 N–H and O–H groups in total. The molecule has 0 saturated carbocycles. The molecule has 120 valence electrons. The molecular weight excluding hydrogens is 337 g/mol. The molecule has 1 heterocycles. The number of carbonyl (C=O) groups excluding carboxylic acids is 2. The first kappa shape index (κ1) is 17.2. The highest BCUT2D eigenvalue weighted by atomic mass is 35.5. The highest BCUT2D eigenvalue weighted by Gasteiger charge is 2.10. The minimum absolute atomic E-state index is 0.240. The predicted octanol–water partition coefficient (Wildman–Crippen LogP) is 2.86. The summed E-state index contributed by atoms with van der Waals surface area (Å²) in [6.07, 6.45) is 1.51. The van der Waals surface area contributed by atoms with Gasteiger partial charge < -0.3 is 10.6 Å². The number of carbonyl (C=O) groups is 2. The number of nitrogens with one attached hydrogen (secondary N) is 2. The van der Waals surface area contributed by atoms with Crippen LogP contribution in [0.15, 0.2) is 36.5 Å². The summed E-state index contributed by atoms with van der Waals surface area (Å²) in [6, 6.07) is 8.11. The summed E-state index contributed by atoms with van der Waals surface area (Å²) in [5.74, 6) is -0.561. The molecule has 0 saturated heterocycles. The second-order valence-electron chi connectivity index (χ2n) is 4.82. The Labute approximate surface area is 144 Å². The molecule has 2 rings (SSSR count). The van der Waals surface area contributed by atoms with Gasteiger partial charge in [-0.15, -0.1) is 0 Å². The monoisotopic (exact) mass is 351 g/mol. The first-order valence-electron chi connectivity index (χ1n) is 6.91. The van der Waals surface area contributed by atoms with Crippen LogP contribution in [0.3, 0.4) is 0 Å². The van der Waals surface area contributed by atoms with Crippen LogP contribution >= 0.6 is 23.2 Å². The molecule has 0 bridgehead atoms. The molecule has 0 atom stereocenters. The second kappa shape index (κ2) is 7.94. The van der Waals surface area contributed by atoms with Gasteiger partial charge >= 0.3 is 0 Å². The van der Waals surface area contributed by atoms with Crippen LogP contribution < -0.4 is 10.6 Å². The maximum atomic E-state index is 12.0. The minimum atomic E-state index is -0.321. The van der Waals surface area contributed by atoms with Crippen molar-refractivity contribution in [3.8, 4) is 0 Å². The lowest BCUT2D eigenvalue weighted by atomic mass is 10.2. The van der Waals surface area contributed by atoms with Crippen molar-refractivity contribution >= 4 is 35.0 Å². The Balaban J connectivity index is 1.79. The number of pyridine rings is 1. The molecule has 5 nitrogen and oxygen atoms in total. The molecule has 7 heteroatoms. The van der Waals surface area contributed by atoms with Gasteiger partial charge in [-0.2, -0.15) is 0 Å². The van der Waals surface area contributed by atoms with Crippen molar-refractivity contribution in [2.24, 2.45) is 0 Å². The fraction of sp³-hybridized carbons (Fsp3) is 0.188. The van der Waals surface area contributed by atoms with Gasteiger partial charge in [0, 0.05) is 30.0 Å². The number of benzene rings is 1. The van der Waals surface area contributed by atoms with E-state index in [0.717, 1.165) is 5.69 Å². The SMILES string of the molecule is Cc1ccc(C(=O)NCCNC(=O)c2ccc(Cl)cc2Cl)cn1. The van der Waals surface area contributed by atoms with E-state index in [2.05, 4.69) is 15.6 Å². The first-order chi connectivity index (χ1) is 11.0. The Morgan fingerprint density at radius 2 is 1.74 bits per heavy atom. The van der Waals surface area contributed by atoms with E-state index in [1.54, 1.807) is 24.3 Å². The maximum absolute atomic E-state index is 12.0. The van der Waals surface area contributed by atoms with Crippen LogP contribution in [0.2, 0.25) is 10.0 Å². The van der Waals surface area contributed by atoms with Crippen LogP contribution in [0.4, 0.5) is 0 Å². The van der Waals surface area contributed by atoms with Gasteiger partial charge in [0.05, 0.1) is 16.1 Å². The molecule has 0 aliphatic rings. The average molecular weight is 352 g/mol. The Morgan fingerprint density at radius 3 is 2.35 bits per heavy atom. The number of aromatic nitrogens is 1. The Bertz CT molecular complexity index is 718. The standard InChI is InChI=1S/C16H15Cl2N3O2/c1-10-2-3-11(9-21-10)15(22)19-6-7-20-16(23)13-5-4-12(17)8-14(13)18/h2-5,8-9H,6-7H2,1H3,(H,19,22)(H,20,23). The third kappa shape index (κ3) is 4.94. The number of halogens is 2. The lowest BCUT2D eigenvalue weighted by molar-refractivity contribution is 0.0927. The van der Waals surface area contributed by atoms with Crippen LogP contribution in [0.1, 0.15) is 26.4 Å². The molecule has 1 aromatic carbocycles. The summed E-state index contributed by atoms with van der Waals surface area (Å²) >= 11 is 11.7. The van der Waals surface area contributed by atoms with E-state index in [-0.39, 0.29) is 23.4 Å². The van der Waals surface area contributed by atoms with Gasteiger partial charge in [0.25, 0.3) is 11.8 Å². The fourth-order valence-corrected chi connectivity index (χ4v) is 2.32.